The van der Waals surface area contributed by atoms with Crippen LogP contribution in [0.25, 0.3) is 10.8 Å². The van der Waals surface area contributed by atoms with E-state index in [1.165, 1.54) is 0 Å². The lowest BCUT2D eigenvalue weighted by atomic mass is 10.0. The lowest BCUT2D eigenvalue weighted by molar-refractivity contribution is -0.131. The van der Waals surface area contributed by atoms with Crippen molar-refractivity contribution in [2.24, 2.45) is 5.92 Å². The van der Waals surface area contributed by atoms with Crippen molar-refractivity contribution in [1.82, 2.24) is 10.6 Å². The molecule has 1 aliphatic rings. The highest BCUT2D eigenvalue weighted by molar-refractivity contribution is 6.01. The van der Waals surface area contributed by atoms with Gasteiger partial charge in [-0.1, -0.05) is 56.3 Å². The van der Waals surface area contributed by atoms with Gasteiger partial charge in [-0.3, -0.25) is 14.4 Å². The molecule has 0 spiro atoms. The molecule has 1 aliphatic heterocycles. The zero-order valence-corrected chi connectivity index (χ0v) is 17.4. The van der Waals surface area contributed by atoms with Gasteiger partial charge in [0.15, 0.2) is 5.78 Å². The molecule has 0 bridgehead atoms. The SMILES string of the molecule is CC(C)C[C@H](NC(=O)c1ccc2ccccc2c1)C(=O)NC1C/C=C\COCC1=O. The maximum Gasteiger partial charge on any atom is 0.251 e. The van der Waals surface area contributed by atoms with E-state index < -0.39 is 12.1 Å². The van der Waals surface area contributed by atoms with E-state index in [4.69, 9.17) is 4.74 Å². The second-order valence-electron chi connectivity index (χ2n) is 7.97. The zero-order chi connectivity index (χ0) is 21.5. The number of Topliss-reactive ketones (excluding diaryl/α,β-unsaturated/α-hetero) is 1. The van der Waals surface area contributed by atoms with Gasteiger partial charge in [-0.2, -0.15) is 0 Å². The van der Waals surface area contributed by atoms with Crippen LogP contribution in [-0.4, -0.2) is 42.9 Å². The van der Waals surface area contributed by atoms with Gasteiger partial charge in [0.25, 0.3) is 5.91 Å². The summed E-state index contributed by atoms with van der Waals surface area (Å²) >= 11 is 0. The molecular formula is C24H28N2O4. The number of carbonyl (C=O) groups is 3. The van der Waals surface area contributed by atoms with Crippen LogP contribution in [0.1, 0.15) is 37.0 Å². The van der Waals surface area contributed by atoms with Crippen molar-refractivity contribution in [1.29, 1.82) is 0 Å². The summed E-state index contributed by atoms with van der Waals surface area (Å²) in [7, 11) is 0. The van der Waals surface area contributed by atoms with Crippen LogP contribution in [0, 0.1) is 5.92 Å². The second kappa shape index (κ2) is 10.2. The molecule has 2 aromatic rings. The molecule has 6 heteroatoms. The molecule has 0 aliphatic carbocycles. The van der Waals surface area contributed by atoms with Gasteiger partial charge in [-0.05, 0) is 41.7 Å². The highest BCUT2D eigenvalue weighted by Crippen LogP contribution is 2.16. The first-order valence-electron chi connectivity index (χ1n) is 10.3. The number of benzene rings is 2. The largest absolute Gasteiger partial charge is 0.370 e. The summed E-state index contributed by atoms with van der Waals surface area (Å²) in [6, 6.07) is 11.9. The first kappa shape index (κ1) is 21.7. The van der Waals surface area contributed by atoms with E-state index >= 15 is 0 Å². The monoisotopic (exact) mass is 408 g/mol. The summed E-state index contributed by atoms with van der Waals surface area (Å²) < 4.78 is 5.22. The number of ketones is 1. The van der Waals surface area contributed by atoms with E-state index in [-0.39, 0.29) is 30.1 Å². The third-order valence-electron chi connectivity index (χ3n) is 5.04. The topological polar surface area (TPSA) is 84.5 Å². The fraction of sp³-hybridized carbons (Fsp3) is 0.375. The first-order chi connectivity index (χ1) is 14.4. The van der Waals surface area contributed by atoms with Crippen molar-refractivity contribution in [2.75, 3.05) is 13.2 Å². The van der Waals surface area contributed by atoms with Crippen LogP contribution in [0.5, 0.6) is 0 Å². The van der Waals surface area contributed by atoms with E-state index in [1.54, 1.807) is 6.07 Å². The Morgan fingerprint density at radius 3 is 2.63 bits per heavy atom. The molecule has 0 aromatic heterocycles. The van der Waals surface area contributed by atoms with Crippen LogP contribution in [0.4, 0.5) is 0 Å². The number of hydrogen-bond donors (Lipinski definition) is 2. The van der Waals surface area contributed by atoms with Crippen LogP contribution < -0.4 is 10.6 Å². The Morgan fingerprint density at radius 1 is 1.10 bits per heavy atom. The zero-order valence-electron chi connectivity index (χ0n) is 17.4. The average Bonchev–Trinajstić information content (AvgIpc) is 2.72. The van der Waals surface area contributed by atoms with Crippen molar-refractivity contribution in [2.45, 2.75) is 38.8 Å². The molecule has 0 saturated carbocycles. The van der Waals surface area contributed by atoms with Gasteiger partial charge in [0.1, 0.15) is 12.6 Å². The van der Waals surface area contributed by atoms with Crippen LogP contribution >= 0.6 is 0 Å². The van der Waals surface area contributed by atoms with Gasteiger partial charge < -0.3 is 15.4 Å². The highest BCUT2D eigenvalue weighted by Gasteiger charge is 2.27. The van der Waals surface area contributed by atoms with E-state index in [0.717, 1.165) is 10.8 Å². The highest BCUT2D eigenvalue weighted by atomic mass is 16.5. The minimum absolute atomic E-state index is 0.0341. The molecule has 0 saturated heterocycles. The van der Waals surface area contributed by atoms with E-state index in [2.05, 4.69) is 10.6 Å². The van der Waals surface area contributed by atoms with Crippen molar-refractivity contribution in [3.8, 4) is 0 Å². The lowest BCUT2D eigenvalue weighted by Gasteiger charge is -2.24. The maximum absolute atomic E-state index is 12.9. The number of fused-ring (bicyclic) bond motifs is 1. The van der Waals surface area contributed by atoms with Crippen molar-refractivity contribution >= 4 is 28.4 Å². The second-order valence-corrected chi connectivity index (χ2v) is 7.97. The Hall–Kier alpha value is -2.99. The number of ether oxygens (including phenoxy) is 1. The minimum atomic E-state index is -0.730. The molecule has 1 heterocycles. The molecule has 1 unspecified atom stereocenters. The van der Waals surface area contributed by atoms with Crippen molar-refractivity contribution < 1.29 is 19.1 Å². The summed E-state index contributed by atoms with van der Waals surface area (Å²) in [5, 5.41) is 7.65. The fourth-order valence-corrected chi connectivity index (χ4v) is 3.45. The molecule has 3 rings (SSSR count). The lowest BCUT2D eigenvalue weighted by Crippen LogP contribution is -2.52. The molecule has 30 heavy (non-hydrogen) atoms. The number of nitrogens with one attached hydrogen (secondary N) is 2. The van der Waals surface area contributed by atoms with Crippen LogP contribution in [0.15, 0.2) is 54.6 Å². The molecule has 6 nitrogen and oxygen atoms in total. The van der Waals surface area contributed by atoms with Crippen LogP contribution in [-0.2, 0) is 14.3 Å². The van der Waals surface area contributed by atoms with Gasteiger partial charge in [0, 0.05) is 5.56 Å². The third-order valence-corrected chi connectivity index (χ3v) is 5.04. The molecule has 2 amide bonds. The molecule has 2 atom stereocenters. The molecular weight excluding hydrogens is 380 g/mol. The minimum Gasteiger partial charge on any atom is -0.370 e. The van der Waals surface area contributed by atoms with Gasteiger partial charge in [-0.15, -0.1) is 0 Å². The number of amides is 2. The van der Waals surface area contributed by atoms with E-state index in [1.807, 2.05) is 62.4 Å². The number of carbonyl (C=O) groups excluding carboxylic acids is 3. The molecule has 2 aromatic carbocycles. The molecule has 0 radical (unpaired) electrons. The van der Waals surface area contributed by atoms with Crippen molar-refractivity contribution in [3.63, 3.8) is 0 Å². The maximum atomic E-state index is 12.9. The Labute approximate surface area is 176 Å². The van der Waals surface area contributed by atoms with E-state index in [9.17, 15) is 14.4 Å². The van der Waals surface area contributed by atoms with Crippen LogP contribution in [0.3, 0.4) is 0 Å². The predicted molar refractivity (Wildman–Crippen MR) is 116 cm³/mol. The third kappa shape index (κ3) is 5.76. The Kier molecular flexibility index (Phi) is 7.36. The Morgan fingerprint density at radius 2 is 1.87 bits per heavy atom. The molecule has 158 valence electrons. The molecule has 2 N–H and O–H groups in total. The normalized spacial score (nSPS) is 19.0. The van der Waals surface area contributed by atoms with E-state index in [0.29, 0.717) is 25.0 Å². The summed E-state index contributed by atoms with van der Waals surface area (Å²) in [5.41, 5.74) is 0.494. The number of rotatable bonds is 6. The first-order valence-corrected chi connectivity index (χ1v) is 10.3. The Bertz CT molecular complexity index is 951. The molecule has 0 fully saturated rings. The smallest absolute Gasteiger partial charge is 0.251 e. The summed E-state index contributed by atoms with van der Waals surface area (Å²) in [6.45, 7) is 4.33. The summed E-state index contributed by atoms with van der Waals surface area (Å²) in [6.07, 6.45) is 4.55. The standard InChI is InChI=1S/C24H28N2O4/c1-16(2)13-21(24(29)25-20-9-5-6-12-30-15-22(20)27)26-23(28)19-11-10-17-7-3-4-8-18(17)14-19/h3-8,10-11,14,16,20-21H,9,12-13,15H2,1-2H3,(H,25,29)(H,26,28)/b6-5-/t20?,21-/m0/s1. The van der Waals surface area contributed by atoms with Gasteiger partial charge in [-0.25, -0.2) is 0 Å². The van der Waals surface area contributed by atoms with Gasteiger partial charge in [0.05, 0.1) is 12.6 Å². The van der Waals surface area contributed by atoms with Crippen LogP contribution in [0.2, 0.25) is 0 Å². The summed E-state index contributed by atoms with van der Waals surface area (Å²) in [4.78, 5) is 38.0. The predicted octanol–water partition coefficient (Wildman–Crippen LogP) is 3.01. The van der Waals surface area contributed by atoms with Gasteiger partial charge in [0.2, 0.25) is 5.91 Å². The van der Waals surface area contributed by atoms with Gasteiger partial charge >= 0.3 is 0 Å². The summed E-state index contributed by atoms with van der Waals surface area (Å²) in [5.74, 6) is -0.648. The quantitative estimate of drug-likeness (QED) is 0.720. The Balaban J connectivity index is 1.72. The average molecular weight is 408 g/mol. The number of hydrogen-bond acceptors (Lipinski definition) is 4. The fourth-order valence-electron chi connectivity index (χ4n) is 3.45. The van der Waals surface area contributed by atoms with Crippen molar-refractivity contribution in [3.05, 3.63) is 60.2 Å².